The molecule has 0 spiro atoms. The van der Waals surface area contributed by atoms with Crippen molar-refractivity contribution in [2.75, 3.05) is 6.61 Å². The van der Waals surface area contributed by atoms with Crippen molar-refractivity contribution in [1.29, 1.82) is 0 Å². The molecule has 4 heteroatoms. The van der Waals surface area contributed by atoms with E-state index in [2.05, 4.69) is 13.8 Å². The summed E-state index contributed by atoms with van der Waals surface area (Å²) in [6, 6.07) is 0. The first-order valence-corrected chi connectivity index (χ1v) is 6.31. The summed E-state index contributed by atoms with van der Waals surface area (Å²) in [5.74, 6) is -0.906. The first-order chi connectivity index (χ1) is 7.93. The van der Waals surface area contributed by atoms with Crippen LogP contribution in [0.3, 0.4) is 0 Å². The predicted molar refractivity (Wildman–Crippen MR) is 67.9 cm³/mol. The molecule has 102 valence electrons. The second kappa shape index (κ2) is 13.0. The zero-order valence-corrected chi connectivity index (χ0v) is 11.5. The van der Waals surface area contributed by atoms with Gasteiger partial charge < -0.3 is 9.84 Å². The molecule has 0 atom stereocenters. The molecule has 0 saturated carbocycles. The van der Waals surface area contributed by atoms with E-state index in [1.54, 1.807) is 0 Å². The van der Waals surface area contributed by atoms with Crippen molar-refractivity contribution in [1.82, 2.24) is 0 Å². The van der Waals surface area contributed by atoms with Gasteiger partial charge in [-0.2, -0.15) is 0 Å². The van der Waals surface area contributed by atoms with E-state index in [1.165, 1.54) is 12.8 Å². The molecule has 0 saturated heterocycles. The summed E-state index contributed by atoms with van der Waals surface area (Å²) in [5.41, 5.74) is 0. The molecular weight excluding hydrogens is 220 g/mol. The van der Waals surface area contributed by atoms with Gasteiger partial charge in [0.1, 0.15) is 0 Å². The van der Waals surface area contributed by atoms with Crippen molar-refractivity contribution in [2.24, 2.45) is 5.92 Å². The Kier molecular flexibility index (Phi) is 14.0. The fourth-order valence-electron chi connectivity index (χ4n) is 0.690. The van der Waals surface area contributed by atoms with Crippen LogP contribution in [0.15, 0.2) is 0 Å². The van der Waals surface area contributed by atoms with E-state index in [9.17, 15) is 9.59 Å². The van der Waals surface area contributed by atoms with Crippen LogP contribution < -0.4 is 0 Å². The Morgan fingerprint density at radius 1 is 1.12 bits per heavy atom. The van der Waals surface area contributed by atoms with Gasteiger partial charge in [0, 0.05) is 0 Å². The van der Waals surface area contributed by atoms with Crippen molar-refractivity contribution < 1.29 is 19.4 Å². The van der Waals surface area contributed by atoms with Crippen LogP contribution in [0.5, 0.6) is 0 Å². The topological polar surface area (TPSA) is 63.6 Å². The molecule has 0 radical (unpaired) electrons. The monoisotopic (exact) mass is 246 g/mol. The van der Waals surface area contributed by atoms with Crippen LogP contribution in [-0.4, -0.2) is 23.7 Å². The van der Waals surface area contributed by atoms with Gasteiger partial charge in [-0.3, -0.25) is 9.59 Å². The molecule has 0 aromatic carbocycles. The summed E-state index contributed by atoms with van der Waals surface area (Å²) in [6.45, 7) is 8.81. The maximum Gasteiger partial charge on any atom is 0.306 e. The number of carbonyl (C=O) groups is 2. The fourth-order valence-corrected chi connectivity index (χ4v) is 0.690. The quantitative estimate of drug-likeness (QED) is 0.700. The average Bonchev–Trinajstić information content (AvgIpc) is 2.26. The predicted octanol–water partition coefficient (Wildman–Crippen LogP) is 3.25. The minimum absolute atomic E-state index is 0.0343. The van der Waals surface area contributed by atoms with E-state index >= 15 is 0 Å². The third-order valence-corrected chi connectivity index (χ3v) is 2.00. The number of aliphatic carboxylic acids is 1. The van der Waals surface area contributed by atoms with Crippen LogP contribution >= 0.6 is 0 Å². The summed E-state index contributed by atoms with van der Waals surface area (Å²) in [7, 11) is 0. The second-order valence-electron chi connectivity index (χ2n) is 4.30. The van der Waals surface area contributed by atoms with E-state index in [0.29, 0.717) is 12.5 Å². The molecule has 0 aromatic rings. The Balaban J connectivity index is 0. The van der Waals surface area contributed by atoms with Crippen molar-refractivity contribution in [2.45, 2.75) is 59.8 Å². The maximum atomic E-state index is 10.8. The van der Waals surface area contributed by atoms with Crippen LogP contribution in [0, 0.1) is 5.92 Å². The molecule has 0 aliphatic heterocycles. The maximum absolute atomic E-state index is 10.8. The van der Waals surface area contributed by atoms with E-state index in [4.69, 9.17) is 9.84 Å². The molecule has 0 rings (SSSR count). The number of unbranched alkanes of at least 4 members (excludes halogenated alkanes) is 1. The van der Waals surface area contributed by atoms with Gasteiger partial charge in [-0.1, -0.05) is 40.5 Å². The van der Waals surface area contributed by atoms with Gasteiger partial charge >= 0.3 is 11.9 Å². The highest BCUT2D eigenvalue weighted by Gasteiger charge is 2.06. The van der Waals surface area contributed by atoms with Crippen LogP contribution in [0.4, 0.5) is 0 Å². The Labute approximate surface area is 104 Å². The number of carboxylic acid groups (broad SMARTS) is 1. The molecule has 0 amide bonds. The molecule has 0 aromatic heterocycles. The Bertz CT molecular complexity index is 198. The van der Waals surface area contributed by atoms with Gasteiger partial charge in [0.05, 0.1) is 19.4 Å². The number of hydrogen-bond acceptors (Lipinski definition) is 3. The van der Waals surface area contributed by atoms with Crippen LogP contribution in [-0.2, 0) is 14.3 Å². The van der Waals surface area contributed by atoms with Gasteiger partial charge in [-0.25, -0.2) is 0 Å². The molecule has 0 aliphatic rings. The van der Waals surface area contributed by atoms with Crippen LogP contribution in [0.25, 0.3) is 0 Å². The zero-order valence-electron chi connectivity index (χ0n) is 11.5. The van der Waals surface area contributed by atoms with Gasteiger partial charge in [0.2, 0.25) is 0 Å². The lowest BCUT2D eigenvalue weighted by atomic mass is 10.1. The Hall–Kier alpha value is -1.06. The van der Waals surface area contributed by atoms with Crippen molar-refractivity contribution in [3.8, 4) is 0 Å². The lowest BCUT2D eigenvalue weighted by Crippen LogP contribution is -2.09. The van der Waals surface area contributed by atoms with Crippen molar-refractivity contribution in [3.05, 3.63) is 0 Å². The summed E-state index contributed by atoms with van der Waals surface area (Å²) >= 11 is 0. The number of carboxylic acids is 1. The molecular formula is C13H26O4. The van der Waals surface area contributed by atoms with Crippen molar-refractivity contribution >= 4 is 11.9 Å². The Morgan fingerprint density at radius 2 is 1.65 bits per heavy atom. The molecule has 17 heavy (non-hydrogen) atoms. The number of ether oxygens (including phenoxy) is 1. The molecule has 0 aliphatic carbocycles. The molecule has 1 N–H and O–H groups in total. The fraction of sp³-hybridized carbons (Fsp3) is 0.846. The van der Waals surface area contributed by atoms with Gasteiger partial charge in [-0.05, 0) is 12.3 Å². The average molecular weight is 246 g/mol. The summed E-state index contributed by atoms with van der Waals surface area (Å²) in [6.07, 6.45) is 3.27. The summed E-state index contributed by atoms with van der Waals surface area (Å²) in [4.78, 5) is 20.9. The minimum Gasteiger partial charge on any atom is -0.481 e. The van der Waals surface area contributed by atoms with Gasteiger partial charge in [0.25, 0.3) is 0 Å². The van der Waals surface area contributed by atoms with E-state index < -0.39 is 11.9 Å². The third kappa shape index (κ3) is 20.9. The first-order valence-electron chi connectivity index (χ1n) is 6.31. The zero-order chi connectivity index (χ0) is 13.7. The largest absolute Gasteiger partial charge is 0.481 e. The summed E-state index contributed by atoms with van der Waals surface area (Å²) < 4.78 is 4.80. The van der Waals surface area contributed by atoms with Crippen LogP contribution in [0.1, 0.15) is 59.8 Å². The smallest absolute Gasteiger partial charge is 0.306 e. The van der Waals surface area contributed by atoms with Crippen LogP contribution in [0.2, 0.25) is 0 Å². The highest BCUT2D eigenvalue weighted by atomic mass is 16.5. The molecule has 4 nitrogen and oxygen atoms in total. The van der Waals surface area contributed by atoms with Crippen molar-refractivity contribution in [3.63, 3.8) is 0 Å². The molecule has 0 unspecified atom stereocenters. The highest BCUT2D eigenvalue weighted by molar-refractivity contribution is 5.76. The lowest BCUT2D eigenvalue weighted by Gasteiger charge is -2.05. The Morgan fingerprint density at radius 3 is 2.00 bits per heavy atom. The lowest BCUT2D eigenvalue weighted by molar-refractivity contribution is -0.147. The normalized spacial score (nSPS) is 9.47. The second-order valence-corrected chi connectivity index (χ2v) is 4.30. The minimum atomic E-state index is -0.971. The highest BCUT2D eigenvalue weighted by Crippen LogP contribution is 2.00. The SMILES string of the molecule is CC(C)CCOC(=O)CCC(=O)O.CCCC. The number of carbonyl (C=O) groups excluding carboxylic acids is 1. The number of esters is 1. The first kappa shape index (κ1) is 18.3. The molecule has 0 fully saturated rings. The standard InChI is InChI=1S/C9H16O4.C4H10/c1-7(2)5-6-13-9(12)4-3-8(10)11;1-3-4-2/h7H,3-6H2,1-2H3,(H,10,11);3-4H2,1-2H3. The van der Waals surface area contributed by atoms with Gasteiger partial charge in [0.15, 0.2) is 0 Å². The van der Waals surface area contributed by atoms with E-state index in [-0.39, 0.29) is 12.8 Å². The number of rotatable bonds is 7. The van der Waals surface area contributed by atoms with E-state index in [0.717, 1.165) is 6.42 Å². The third-order valence-electron chi connectivity index (χ3n) is 2.00. The summed E-state index contributed by atoms with van der Waals surface area (Å²) in [5, 5.41) is 8.27. The molecule has 0 heterocycles. The molecule has 0 bridgehead atoms. The van der Waals surface area contributed by atoms with E-state index in [1.807, 2.05) is 13.8 Å². The number of hydrogen-bond donors (Lipinski definition) is 1. The van der Waals surface area contributed by atoms with Gasteiger partial charge in [-0.15, -0.1) is 0 Å².